The van der Waals surface area contributed by atoms with E-state index in [0.29, 0.717) is 12.1 Å². The Kier molecular flexibility index (Phi) is 4.71. The van der Waals surface area contributed by atoms with Gasteiger partial charge in [0, 0.05) is 5.56 Å². The van der Waals surface area contributed by atoms with Gasteiger partial charge in [0.05, 0.1) is 17.4 Å². The number of carboxylic acid groups (broad SMARTS) is 1. The van der Waals surface area contributed by atoms with Crippen LogP contribution in [0.2, 0.25) is 0 Å². The van der Waals surface area contributed by atoms with E-state index >= 15 is 0 Å². The minimum absolute atomic E-state index is 0.118. The van der Waals surface area contributed by atoms with E-state index in [9.17, 15) is 32.5 Å². The molecule has 0 aliphatic carbocycles. The molecule has 1 unspecified atom stereocenters. The van der Waals surface area contributed by atoms with Crippen molar-refractivity contribution < 1.29 is 37.1 Å². The fourth-order valence-corrected chi connectivity index (χ4v) is 1.47. The number of alkyl halides is 3. The van der Waals surface area contributed by atoms with Crippen molar-refractivity contribution in [1.82, 2.24) is 0 Å². The molecule has 0 aliphatic heterocycles. The Morgan fingerprint density at radius 1 is 1.48 bits per heavy atom. The maximum absolute atomic E-state index is 13.5. The zero-order valence-corrected chi connectivity index (χ0v) is 10.5. The van der Waals surface area contributed by atoms with Crippen LogP contribution in [0.1, 0.15) is 12.0 Å². The average molecular weight is 311 g/mol. The van der Waals surface area contributed by atoms with Crippen LogP contribution in [-0.4, -0.2) is 28.3 Å². The summed E-state index contributed by atoms with van der Waals surface area (Å²) in [5, 5.41) is 19.0. The molecule has 1 atom stereocenters. The van der Waals surface area contributed by atoms with E-state index in [1.807, 2.05) is 0 Å². The maximum atomic E-state index is 13.5. The van der Waals surface area contributed by atoms with E-state index in [4.69, 9.17) is 5.11 Å². The number of aryl methyl sites for hydroxylation is 1. The molecule has 0 bridgehead atoms. The first kappa shape index (κ1) is 16.7. The number of nitrogens with zero attached hydrogens (tertiary/aromatic N) is 1. The Bertz CT molecular complexity index is 572. The highest BCUT2D eigenvalue weighted by atomic mass is 19.4. The highest BCUT2D eigenvalue weighted by Gasteiger charge is 2.43. The van der Waals surface area contributed by atoms with Crippen LogP contribution in [0.4, 0.5) is 23.2 Å². The van der Waals surface area contributed by atoms with Gasteiger partial charge in [0.2, 0.25) is 6.10 Å². The number of benzene rings is 1. The van der Waals surface area contributed by atoms with E-state index in [-0.39, 0.29) is 5.56 Å². The Morgan fingerprint density at radius 3 is 2.48 bits per heavy atom. The van der Waals surface area contributed by atoms with Crippen molar-refractivity contribution in [2.75, 3.05) is 0 Å². The van der Waals surface area contributed by atoms with Crippen LogP contribution in [0.15, 0.2) is 12.1 Å². The van der Waals surface area contributed by atoms with E-state index in [1.165, 1.54) is 6.92 Å². The van der Waals surface area contributed by atoms with Gasteiger partial charge in [0.25, 0.3) is 5.69 Å². The third kappa shape index (κ3) is 4.29. The summed E-state index contributed by atoms with van der Waals surface area (Å²) < 4.78 is 55.6. The van der Waals surface area contributed by atoms with Crippen molar-refractivity contribution in [3.05, 3.63) is 33.6 Å². The largest absolute Gasteiger partial charge is 0.481 e. The number of carbonyl (C=O) groups is 1. The molecule has 1 aromatic carbocycles. The van der Waals surface area contributed by atoms with Crippen molar-refractivity contribution in [2.24, 2.45) is 0 Å². The second-order valence-electron chi connectivity index (χ2n) is 4.07. The number of carboxylic acids is 1. The molecule has 0 saturated carbocycles. The third-order valence-electron chi connectivity index (χ3n) is 2.44. The van der Waals surface area contributed by atoms with E-state index < -0.39 is 46.8 Å². The highest BCUT2D eigenvalue weighted by Crippen LogP contribution is 2.32. The van der Waals surface area contributed by atoms with Crippen molar-refractivity contribution in [3.63, 3.8) is 0 Å². The molecule has 21 heavy (non-hydrogen) atoms. The molecule has 0 heterocycles. The quantitative estimate of drug-likeness (QED) is 0.513. The molecule has 0 aliphatic rings. The summed E-state index contributed by atoms with van der Waals surface area (Å²) in [6.45, 7) is 1.18. The zero-order valence-electron chi connectivity index (χ0n) is 10.5. The lowest BCUT2D eigenvalue weighted by molar-refractivity contribution is -0.385. The van der Waals surface area contributed by atoms with Gasteiger partial charge < -0.3 is 9.84 Å². The number of hydrogen-bond acceptors (Lipinski definition) is 4. The summed E-state index contributed by atoms with van der Waals surface area (Å²) in [7, 11) is 0. The summed E-state index contributed by atoms with van der Waals surface area (Å²) in [4.78, 5) is 20.0. The van der Waals surface area contributed by atoms with Crippen LogP contribution in [0.5, 0.6) is 5.75 Å². The Labute approximate surface area is 115 Å². The lowest BCUT2D eigenvalue weighted by Gasteiger charge is -2.20. The van der Waals surface area contributed by atoms with Gasteiger partial charge in [0.15, 0.2) is 11.6 Å². The predicted molar refractivity (Wildman–Crippen MR) is 60.5 cm³/mol. The van der Waals surface area contributed by atoms with E-state index in [2.05, 4.69) is 4.74 Å². The molecule has 0 radical (unpaired) electrons. The first-order valence-electron chi connectivity index (χ1n) is 5.42. The number of hydrogen-bond donors (Lipinski definition) is 1. The average Bonchev–Trinajstić information content (AvgIpc) is 2.30. The van der Waals surface area contributed by atoms with Gasteiger partial charge in [-0.3, -0.25) is 14.9 Å². The lowest BCUT2D eigenvalue weighted by Crippen LogP contribution is -2.36. The smallest absolute Gasteiger partial charge is 0.426 e. The Balaban J connectivity index is 3.13. The summed E-state index contributed by atoms with van der Waals surface area (Å²) in [6.07, 6.45) is -9.20. The van der Waals surface area contributed by atoms with Crippen molar-refractivity contribution >= 4 is 11.7 Å². The van der Waals surface area contributed by atoms with E-state index in [1.54, 1.807) is 0 Å². The molecule has 10 heteroatoms. The molecule has 0 fully saturated rings. The fourth-order valence-electron chi connectivity index (χ4n) is 1.47. The zero-order chi connectivity index (χ0) is 16.4. The van der Waals surface area contributed by atoms with E-state index in [0.717, 1.165) is 0 Å². The Morgan fingerprint density at radius 2 is 2.05 bits per heavy atom. The van der Waals surface area contributed by atoms with Gasteiger partial charge in [-0.2, -0.15) is 13.2 Å². The molecule has 0 aromatic heterocycles. The van der Waals surface area contributed by atoms with Crippen LogP contribution >= 0.6 is 0 Å². The number of ether oxygens (including phenoxy) is 1. The van der Waals surface area contributed by atoms with Gasteiger partial charge in [-0.1, -0.05) is 0 Å². The van der Waals surface area contributed by atoms with Crippen LogP contribution in [-0.2, 0) is 4.79 Å². The minimum atomic E-state index is -5.03. The molecule has 6 nitrogen and oxygen atoms in total. The third-order valence-corrected chi connectivity index (χ3v) is 2.44. The first-order chi connectivity index (χ1) is 9.52. The first-order valence-corrected chi connectivity index (χ1v) is 5.42. The van der Waals surface area contributed by atoms with Crippen molar-refractivity contribution in [3.8, 4) is 5.75 Å². The molecule has 116 valence electrons. The second kappa shape index (κ2) is 5.94. The molecular formula is C11H9F4NO5. The normalized spacial score (nSPS) is 12.8. The molecular weight excluding hydrogens is 302 g/mol. The molecule has 0 amide bonds. The summed E-state index contributed by atoms with van der Waals surface area (Å²) in [5.41, 5.74) is -0.741. The van der Waals surface area contributed by atoms with Gasteiger partial charge in [0.1, 0.15) is 0 Å². The number of aliphatic carboxylic acids is 1. The molecule has 1 N–H and O–H groups in total. The van der Waals surface area contributed by atoms with Crippen molar-refractivity contribution in [1.29, 1.82) is 0 Å². The van der Waals surface area contributed by atoms with Gasteiger partial charge >= 0.3 is 12.1 Å². The van der Waals surface area contributed by atoms with Crippen LogP contribution in [0.25, 0.3) is 0 Å². The number of nitro groups is 1. The van der Waals surface area contributed by atoms with Gasteiger partial charge in [-0.15, -0.1) is 0 Å². The molecule has 0 saturated heterocycles. The molecule has 0 spiro atoms. The van der Waals surface area contributed by atoms with Crippen LogP contribution < -0.4 is 4.74 Å². The molecule has 1 aromatic rings. The van der Waals surface area contributed by atoms with Gasteiger partial charge in [-0.05, 0) is 13.0 Å². The Hall–Kier alpha value is -2.39. The predicted octanol–water partition coefficient (Wildman–Crippen LogP) is 2.83. The second-order valence-corrected chi connectivity index (χ2v) is 4.07. The molecule has 1 rings (SSSR count). The highest BCUT2D eigenvalue weighted by molar-refractivity contribution is 5.67. The lowest BCUT2D eigenvalue weighted by atomic mass is 10.2. The topological polar surface area (TPSA) is 89.7 Å². The fraction of sp³-hybridized carbons (Fsp3) is 0.364. The monoisotopic (exact) mass is 311 g/mol. The number of nitro benzene ring substituents is 1. The van der Waals surface area contributed by atoms with Gasteiger partial charge in [-0.25, -0.2) is 4.39 Å². The minimum Gasteiger partial charge on any atom is -0.481 e. The van der Waals surface area contributed by atoms with Crippen LogP contribution in [0.3, 0.4) is 0 Å². The maximum Gasteiger partial charge on any atom is 0.426 e. The summed E-state index contributed by atoms with van der Waals surface area (Å²) >= 11 is 0. The number of halogens is 4. The van der Waals surface area contributed by atoms with Crippen molar-refractivity contribution in [2.45, 2.75) is 25.6 Å². The standard InChI is InChI=1S/C11H9F4NO5/c1-5-2-8(6(12)3-7(5)16(19)20)21-9(4-10(17)18)11(13,14)15/h2-3,9H,4H2,1H3,(H,17,18). The number of rotatable bonds is 5. The summed E-state index contributed by atoms with van der Waals surface area (Å²) in [5.74, 6) is -4.06. The SMILES string of the molecule is Cc1cc(OC(CC(=O)O)C(F)(F)F)c(F)cc1[N+](=O)[O-]. The van der Waals surface area contributed by atoms with Crippen LogP contribution in [0, 0.1) is 22.9 Å². The summed E-state index contributed by atoms with van der Waals surface area (Å²) in [6, 6.07) is 1.13.